The first kappa shape index (κ1) is 12.1. The van der Waals surface area contributed by atoms with E-state index in [4.69, 9.17) is 0 Å². The van der Waals surface area contributed by atoms with Crippen molar-refractivity contribution in [2.75, 3.05) is 0 Å². The molecule has 0 atom stereocenters. The van der Waals surface area contributed by atoms with Crippen molar-refractivity contribution in [3.63, 3.8) is 0 Å². The summed E-state index contributed by atoms with van der Waals surface area (Å²) in [5.41, 5.74) is 1.24. The number of benzene rings is 2. The molecule has 100 valence electrons. The molecule has 0 amide bonds. The number of nitrogens with zero attached hydrogens (tertiary/aromatic N) is 1. The second-order valence-electron chi connectivity index (χ2n) is 5.31. The second kappa shape index (κ2) is 5.00. The van der Waals surface area contributed by atoms with Gasteiger partial charge in [-0.25, -0.2) is 4.98 Å². The predicted molar refractivity (Wildman–Crippen MR) is 84.9 cm³/mol. The van der Waals surface area contributed by atoms with Crippen LogP contribution >= 0.6 is 11.3 Å². The molecule has 3 aromatic rings. The molecule has 2 aromatic carbocycles. The van der Waals surface area contributed by atoms with Crippen molar-refractivity contribution in [2.45, 2.75) is 25.4 Å². The minimum absolute atomic E-state index is 0.748. The molecule has 1 fully saturated rings. The highest BCUT2D eigenvalue weighted by atomic mass is 32.1. The number of thiazole rings is 1. The summed E-state index contributed by atoms with van der Waals surface area (Å²) in [6.45, 7) is 0.951. The van der Waals surface area contributed by atoms with Crippen LogP contribution in [0.4, 0.5) is 0 Å². The summed E-state index contributed by atoms with van der Waals surface area (Å²) in [6.07, 6.45) is 4.67. The van der Waals surface area contributed by atoms with Gasteiger partial charge in [-0.1, -0.05) is 42.5 Å². The highest BCUT2D eigenvalue weighted by Crippen LogP contribution is 2.31. The van der Waals surface area contributed by atoms with Gasteiger partial charge in [0, 0.05) is 29.2 Å². The quantitative estimate of drug-likeness (QED) is 0.774. The summed E-state index contributed by atoms with van der Waals surface area (Å²) in [6, 6.07) is 15.7. The molecule has 1 aromatic heterocycles. The average Bonchev–Trinajstić information content (AvgIpc) is 3.21. The first-order valence-electron chi connectivity index (χ1n) is 7.06. The van der Waals surface area contributed by atoms with Gasteiger partial charge in [0.1, 0.15) is 5.01 Å². The third-order valence-corrected chi connectivity index (χ3v) is 4.75. The average molecular weight is 280 g/mol. The Morgan fingerprint density at radius 1 is 1.10 bits per heavy atom. The standard InChI is InChI=1S/C17H16N2S/c1-2-6-15-12(4-1)5-3-7-16(15)17-19-11-14(20-17)10-18-13-8-9-13/h1-7,11,13,18H,8-10H2. The first-order chi connectivity index (χ1) is 9.90. The SMILES string of the molecule is c1ccc2c(-c3ncc(CNC4CC4)s3)cccc2c1. The zero-order valence-corrected chi connectivity index (χ0v) is 12.0. The fourth-order valence-electron chi connectivity index (χ4n) is 2.46. The minimum atomic E-state index is 0.748. The summed E-state index contributed by atoms with van der Waals surface area (Å²) >= 11 is 1.80. The van der Waals surface area contributed by atoms with Crippen LogP contribution in [0.5, 0.6) is 0 Å². The van der Waals surface area contributed by atoms with E-state index in [1.165, 1.54) is 34.1 Å². The molecule has 1 N–H and O–H groups in total. The van der Waals surface area contributed by atoms with Gasteiger partial charge in [0.15, 0.2) is 0 Å². The topological polar surface area (TPSA) is 24.9 Å². The number of aromatic nitrogens is 1. The van der Waals surface area contributed by atoms with Crippen LogP contribution in [0.1, 0.15) is 17.7 Å². The highest BCUT2D eigenvalue weighted by molar-refractivity contribution is 7.15. The van der Waals surface area contributed by atoms with Gasteiger partial charge in [-0.2, -0.15) is 0 Å². The summed E-state index contributed by atoms with van der Waals surface area (Å²) in [4.78, 5) is 5.93. The molecule has 0 unspecified atom stereocenters. The smallest absolute Gasteiger partial charge is 0.124 e. The van der Waals surface area contributed by atoms with Crippen LogP contribution in [0.3, 0.4) is 0 Å². The fourth-order valence-corrected chi connectivity index (χ4v) is 3.36. The zero-order valence-electron chi connectivity index (χ0n) is 11.2. The highest BCUT2D eigenvalue weighted by Gasteiger charge is 2.20. The second-order valence-corrected chi connectivity index (χ2v) is 6.43. The van der Waals surface area contributed by atoms with Crippen molar-refractivity contribution in [3.8, 4) is 10.6 Å². The number of hydrogen-bond donors (Lipinski definition) is 1. The molecule has 1 saturated carbocycles. The van der Waals surface area contributed by atoms with Gasteiger partial charge >= 0.3 is 0 Å². The van der Waals surface area contributed by atoms with Gasteiger partial charge < -0.3 is 5.32 Å². The van der Waals surface area contributed by atoms with E-state index < -0.39 is 0 Å². The molecule has 2 nitrogen and oxygen atoms in total. The van der Waals surface area contributed by atoms with Crippen LogP contribution in [-0.4, -0.2) is 11.0 Å². The number of nitrogens with one attached hydrogen (secondary N) is 1. The number of fused-ring (bicyclic) bond motifs is 1. The zero-order chi connectivity index (χ0) is 13.4. The predicted octanol–water partition coefficient (Wildman–Crippen LogP) is 4.22. The van der Waals surface area contributed by atoms with Crippen molar-refractivity contribution in [2.24, 2.45) is 0 Å². The molecule has 1 heterocycles. The van der Waals surface area contributed by atoms with E-state index in [9.17, 15) is 0 Å². The maximum absolute atomic E-state index is 4.61. The van der Waals surface area contributed by atoms with E-state index in [-0.39, 0.29) is 0 Å². The molecule has 1 aliphatic carbocycles. The van der Waals surface area contributed by atoms with Crippen molar-refractivity contribution >= 4 is 22.1 Å². The molecule has 0 saturated heterocycles. The summed E-state index contributed by atoms with van der Waals surface area (Å²) in [5, 5.41) is 7.22. The van der Waals surface area contributed by atoms with Gasteiger partial charge in [0.2, 0.25) is 0 Å². The molecule has 3 heteroatoms. The van der Waals surface area contributed by atoms with Crippen molar-refractivity contribution in [3.05, 3.63) is 53.5 Å². The molecule has 4 rings (SSSR count). The largest absolute Gasteiger partial charge is 0.309 e. The van der Waals surface area contributed by atoms with Crippen LogP contribution in [0.2, 0.25) is 0 Å². The van der Waals surface area contributed by atoms with Crippen LogP contribution < -0.4 is 5.32 Å². The molecule has 1 aliphatic rings. The van der Waals surface area contributed by atoms with E-state index in [2.05, 4.69) is 52.8 Å². The molecular formula is C17H16N2S. The Morgan fingerprint density at radius 2 is 1.95 bits per heavy atom. The number of hydrogen-bond acceptors (Lipinski definition) is 3. The van der Waals surface area contributed by atoms with Crippen LogP contribution in [0.15, 0.2) is 48.7 Å². The van der Waals surface area contributed by atoms with E-state index >= 15 is 0 Å². The lowest BCUT2D eigenvalue weighted by atomic mass is 10.1. The van der Waals surface area contributed by atoms with Gasteiger partial charge in [0.05, 0.1) is 0 Å². The van der Waals surface area contributed by atoms with Crippen molar-refractivity contribution in [1.82, 2.24) is 10.3 Å². The van der Waals surface area contributed by atoms with Gasteiger partial charge in [-0.15, -0.1) is 11.3 Å². The fraction of sp³-hybridized carbons (Fsp3) is 0.235. The third-order valence-electron chi connectivity index (χ3n) is 3.72. The first-order valence-corrected chi connectivity index (χ1v) is 7.88. The maximum atomic E-state index is 4.61. The Morgan fingerprint density at radius 3 is 2.85 bits per heavy atom. The Labute approximate surface area is 122 Å². The molecular weight excluding hydrogens is 264 g/mol. The Hall–Kier alpha value is -1.71. The molecule has 0 bridgehead atoms. The van der Waals surface area contributed by atoms with E-state index in [1.54, 1.807) is 11.3 Å². The lowest BCUT2D eigenvalue weighted by Gasteiger charge is -2.03. The normalized spacial score (nSPS) is 14.8. The van der Waals surface area contributed by atoms with Gasteiger partial charge in [0.25, 0.3) is 0 Å². The molecule has 0 aliphatic heterocycles. The Kier molecular flexibility index (Phi) is 3.02. The molecule has 0 radical (unpaired) electrons. The Bertz CT molecular complexity index is 738. The number of rotatable bonds is 4. The van der Waals surface area contributed by atoms with E-state index in [1.807, 2.05) is 6.20 Å². The van der Waals surface area contributed by atoms with Crippen molar-refractivity contribution in [1.29, 1.82) is 0 Å². The molecule has 20 heavy (non-hydrogen) atoms. The van der Waals surface area contributed by atoms with Crippen LogP contribution in [-0.2, 0) is 6.54 Å². The van der Waals surface area contributed by atoms with Gasteiger partial charge in [-0.05, 0) is 23.6 Å². The van der Waals surface area contributed by atoms with E-state index in [0.717, 1.165) is 17.6 Å². The van der Waals surface area contributed by atoms with E-state index in [0.29, 0.717) is 0 Å². The lowest BCUT2D eigenvalue weighted by Crippen LogP contribution is -2.14. The maximum Gasteiger partial charge on any atom is 0.124 e. The summed E-state index contributed by atoms with van der Waals surface area (Å²) in [7, 11) is 0. The van der Waals surface area contributed by atoms with Crippen LogP contribution in [0.25, 0.3) is 21.3 Å². The summed E-state index contributed by atoms with van der Waals surface area (Å²) in [5.74, 6) is 0. The Balaban J connectivity index is 1.67. The van der Waals surface area contributed by atoms with Crippen molar-refractivity contribution < 1.29 is 0 Å². The van der Waals surface area contributed by atoms with Crippen LogP contribution in [0, 0.1) is 0 Å². The monoisotopic (exact) mass is 280 g/mol. The lowest BCUT2D eigenvalue weighted by molar-refractivity contribution is 0.694. The minimum Gasteiger partial charge on any atom is -0.309 e. The van der Waals surface area contributed by atoms with Gasteiger partial charge in [-0.3, -0.25) is 0 Å². The summed E-state index contributed by atoms with van der Waals surface area (Å²) < 4.78 is 0. The third kappa shape index (κ3) is 2.35. The molecule has 0 spiro atoms.